The molecule has 1 aromatic carbocycles. The zero-order valence-electron chi connectivity index (χ0n) is 11.3. The van der Waals surface area contributed by atoms with Gasteiger partial charge < -0.3 is 10.0 Å². The van der Waals surface area contributed by atoms with Gasteiger partial charge >= 0.3 is 5.97 Å². The zero-order chi connectivity index (χ0) is 13.3. The Hall–Kier alpha value is -1.51. The Kier molecular flexibility index (Phi) is 3.60. The van der Waals surface area contributed by atoms with Crippen molar-refractivity contribution < 1.29 is 9.90 Å². The summed E-state index contributed by atoms with van der Waals surface area (Å²) in [7, 11) is 0. The fraction of sp³-hybridized carbons (Fsp3) is 0.533. The van der Waals surface area contributed by atoms with E-state index in [9.17, 15) is 4.79 Å². The molecule has 0 amide bonds. The van der Waals surface area contributed by atoms with Gasteiger partial charge in [0.1, 0.15) is 0 Å². The van der Waals surface area contributed by atoms with Gasteiger partial charge in [-0.2, -0.15) is 0 Å². The van der Waals surface area contributed by atoms with Crippen LogP contribution >= 0.6 is 0 Å². The third kappa shape index (κ3) is 2.50. The first-order chi connectivity index (χ1) is 8.49. The number of nitrogens with zero attached hydrogens (tertiary/aromatic N) is 1. The molecule has 1 aliphatic rings. The molecule has 0 radical (unpaired) electrons. The maximum atomic E-state index is 10.9. The van der Waals surface area contributed by atoms with E-state index in [1.54, 1.807) is 12.1 Å². The summed E-state index contributed by atoms with van der Waals surface area (Å²) in [6.07, 6.45) is 1.23. The number of rotatable bonds is 3. The molecule has 1 N–H and O–H groups in total. The minimum absolute atomic E-state index is 0.371. The number of carbonyl (C=O) groups is 1. The number of aryl methyl sites for hydroxylation is 1. The number of carboxylic acids is 1. The van der Waals surface area contributed by atoms with Crippen molar-refractivity contribution in [3.8, 4) is 0 Å². The predicted molar refractivity (Wildman–Crippen MR) is 73.3 cm³/mol. The largest absolute Gasteiger partial charge is 0.478 e. The van der Waals surface area contributed by atoms with Gasteiger partial charge in [-0.15, -0.1) is 0 Å². The summed E-state index contributed by atoms with van der Waals surface area (Å²) in [5.41, 5.74) is 2.61. The highest BCUT2D eigenvalue weighted by atomic mass is 16.4. The Morgan fingerprint density at radius 2 is 2.17 bits per heavy atom. The van der Waals surface area contributed by atoms with Gasteiger partial charge in [0, 0.05) is 18.8 Å². The van der Waals surface area contributed by atoms with Crippen molar-refractivity contribution in [2.75, 3.05) is 18.0 Å². The van der Waals surface area contributed by atoms with Crippen molar-refractivity contribution in [3.05, 3.63) is 29.3 Å². The second-order valence-corrected chi connectivity index (χ2v) is 5.55. The molecule has 3 nitrogen and oxygen atoms in total. The van der Waals surface area contributed by atoms with Crippen LogP contribution in [0.3, 0.4) is 0 Å². The van der Waals surface area contributed by atoms with Gasteiger partial charge in [0.15, 0.2) is 0 Å². The van der Waals surface area contributed by atoms with Gasteiger partial charge in [0.25, 0.3) is 0 Å². The first-order valence-electron chi connectivity index (χ1n) is 6.58. The molecular weight excluding hydrogens is 226 g/mol. The number of carboxylic acid groups (broad SMARTS) is 1. The lowest BCUT2D eigenvalue weighted by Gasteiger charge is -2.22. The van der Waals surface area contributed by atoms with E-state index in [-0.39, 0.29) is 0 Å². The molecule has 0 aliphatic carbocycles. The van der Waals surface area contributed by atoms with E-state index in [1.165, 1.54) is 12.1 Å². The maximum Gasteiger partial charge on any atom is 0.335 e. The number of aromatic carboxylic acids is 1. The molecule has 3 heteroatoms. The second kappa shape index (κ2) is 5.01. The van der Waals surface area contributed by atoms with Crippen LogP contribution in [0.15, 0.2) is 18.2 Å². The van der Waals surface area contributed by atoms with Crippen LogP contribution in [0.5, 0.6) is 0 Å². The first-order valence-corrected chi connectivity index (χ1v) is 6.58. The normalized spacial score (nSPS) is 19.6. The van der Waals surface area contributed by atoms with Crippen LogP contribution in [0.2, 0.25) is 0 Å². The van der Waals surface area contributed by atoms with Crippen LogP contribution in [0.25, 0.3) is 0 Å². The molecule has 98 valence electrons. The number of anilines is 1. The summed E-state index contributed by atoms with van der Waals surface area (Å²) in [5, 5.41) is 8.97. The molecule has 1 saturated heterocycles. The molecule has 18 heavy (non-hydrogen) atoms. The third-order valence-electron chi connectivity index (χ3n) is 3.95. The summed E-state index contributed by atoms with van der Waals surface area (Å²) < 4.78 is 0. The zero-order valence-corrected chi connectivity index (χ0v) is 11.3. The monoisotopic (exact) mass is 247 g/mol. The fourth-order valence-corrected chi connectivity index (χ4v) is 2.69. The van der Waals surface area contributed by atoms with E-state index >= 15 is 0 Å². The number of hydrogen-bond acceptors (Lipinski definition) is 2. The highest BCUT2D eigenvalue weighted by Crippen LogP contribution is 2.30. The van der Waals surface area contributed by atoms with Crippen LogP contribution < -0.4 is 4.90 Å². The molecule has 1 aromatic rings. The fourth-order valence-electron chi connectivity index (χ4n) is 2.69. The predicted octanol–water partition coefficient (Wildman–Crippen LogP) is 3.18. The average Bonchev–Trinajstić information content (AvgIpc) is 2.78. The van der Waals surface area contributed by atoms with Gasteiger partial charge in [-0.05, 0) is 48.9 Å². The van der Waals surface area contributed by atoms with E-state index in [0.717, 1.165) is 24.6 Å². The molecule has 2 rings (SSSR count). The lowest BCUT2D eigenvalue weighted by molar-refractivity contribution is 0.0697. The van der Waals surface area contributed by atoms with Gasteiger partial charge in [-0.1, -0.05) is 13.8 Å². The molecule has 1 fully saturated rings. The summed E-state index contributed by atoms with van der Waals surface area (Å²) in [5.74, 6) is 0.614. The molecule has 0 bridgehead atoms. The molecule has 1 atom stereocenters. The summed E-state index contributed by atoms with van der Waals surface area (Å²) >= 11 is 0. The van der Waals surface area contributed by atoms with Crippen LogP contribution in [-0.4, -0.2) is 24.2 Å². The minimum Gasteiger partial charge on any atom is -0.478 e. The Labute approximate surface area is 108 Å². The van der Waals surface area contributed by atoms with Crippen LogP contribution in [0.1, 0.15) is 36.2 Å². The minimum atomic E-state index is -0.855. The first kappa shape index (κ1) is 12.9. The van der Waals surface area contributed by atoms with Crippen LogP contribution in [0.4, 0.5) is 5.69 Å². The standard InChI is InChI=1S/C15H21NO2/c1-10(2)13-6-7-16(9-13)14-5-4-12(15(17)18)8-11(14)3/h4-5,8,10,13H,6-7,9H2,1-3H3,(H,17,18). The van der Waals surface area contributed by atoms with Gasteiger partial charge in [0.05, 0.1) is 5.56 Å². The Morgan fingerprint density at radius 3 is 2.67 bits per heavy atom. The highest BCUT2D eigenvalue weighted by molar-refractivity contribution is 5.88. The number of benzene rings is 1. The Bertz CT molecular complexity index is 454. The van der Waals surface area contributed by atoms with Gasteiger partial charge in [-0.3, -0.25) is 0 Å². The third-order valence-corrected chi connectivity index (χ3v) is 3.95. The topological polar surface area (TPSA) is 40.5 Å². The lowest BCUT2D eigenvalue weighted by atomic mass is 9.95. The lowest BCUT2D eigenvalue weighted by Crippen LogP contribution is -2.22. The van der Waals surface area contributed by atoms with Crippen molar-refractivity contribution >= 4 is 11.7 Å². The van der Waals surface area contributed by atoms with Crippen molar-refractivity contribution in [1.29, 1.82) is 0 Å². The van der Waals surface area contributed by atoms with Crippen molar-refractivity contribution in [2.45, 2.75) is 27.2 Å². The van der Waals surface area contributed by atoms with E-state index in [2.05, 4.69) is 18.7 Å². The maximum absolute atomic E-state index is 10.9. The molecule has 1 aliphatic heterocycles. The molecular formula is C15H21NO2. The second-order valence-electron chi connectivity index (χ2n) is 5.55. The van der Waals surface area contributed by atoms with E-state index in [4.69, 9.17) is 5.11 Å². The molecule has 1 heterocycles. The Morgan fingerprint density at radius 1 is 1.44 bits per heavy atom. The van der Waals surface area contributed by atoms with Gasteiger partial charge in [-0.25, -0.2) is 4.79 Å². The average molecular weight is 247 g/mol. The number of hydrogen-bond donors (Lipinski definition) is 1. The molecule has 1 unspecified atom stereocenters. The molecule has 0 spiro atoms. The highest BCUT2D eigenvalue weighted by Gasteiger charge is 2.25. The van der Waals surface area contributed by atoms with Crippen LogP contribution in [-0.2, 0) is 0 Å². The van der Waals surface area contributed by atoms with E-state index in [1.807, 2.05) is 13.0 Å². The molecule has 0 saturated carbocycles. The quantitative estimate of drug-likeness (QED) is 0.891. The summed E-state index contributed by atoms with van der Waals surface area (Å²) in [4.78, 5) is 13.3. The van der Waals surface area contributed by atoms with Crippen molar-refractivity contribution in [1.82, 2.24) is 0 Å². The SMILES string of the molecule is Cc1cc(C(=O)O)ccc1N1CCC(C(C)C)C1. The van der Waals surface area contributed by atoms with Crippen molar-refractivity contribution in [3.63, 3.8) is 0 Å². The molecule has 0 aromatic heterocycles. The summed E-state index contributed by atoms with van der Waals surface area (Å²) in [6, 6.07) is 5.41. The smallest absolute Gasteiger partial charge is 0.335 e. The van der Waals surface area contributed by atoms with Gasteiger partial charge in [0.2, 0.25) is 0 Å². The Balaban J connectivity index is 2.18. The van der Waals surface area contributed by atoms with E-state index in [0.29, 0.717) is 11.5 Å². The van der Waals surface area contributed by atoms with E-state index < -0.39 is 5.97 Å². The van der Waals surface area contributed by atoms with Crippen molar-refractivity contribution in [2.24, 2.45) is 11.8 Å². The van der Waals surface area contributed by atoms with Crippen LogP contribution in [0, 0.1) is 18.8 Å². The summed E-state index contributed by atoms with van der Waals surface area (Å²) in [6.45, 7) is 8.70.